The number of nitriles is 2. The van der Waals surface area contributed by atoms with E-state index >= 15 is 0 Å². The van der Waals surface area contributed by atoms with Crippen molar-refractivity contribution in [3.8, 4) is 23.5 Å². The number of fused-ring (bicyclic) bond motifs is 1. The van der Waals surface area contributed by atoms with Gasteiger partial charge in [0.25, 0.3) is 5.91 Å². The first-order valence-corrected chi connectivity index (χ1v) is 11.1. The van der Waals surface area contributed by atoms with Crippen molar-refractivity contribution < 1.29 is 9.21 Å². The van der Waals surface area contributed by atoms with Gasteiger partial charge in [0.15, 0.2) is 0 Å². The highest BCUT2D eigenvalue weighted by molar-refractivity contribution is 7.16. The molecule has 1 aliphatic carbocycles. The molecule has 154 valence electrons. The highest BCUT2D eigenvalue weighted by Crippen LogP contribution is 2.38. The van der Waals surface area contributed by atoms with E-state index in [1.807, 2.05) is 6.07 Å². The minimum Gasteiger partial charge on any atom is -0.457 e. The molecule has 0 spiro atoms. The highest BCUT2D eigenvalue weighted by atomic mass is 35.5. The van der Waals surface area contributed by atoms with E-state index < -0.39 is 5.91 Å². The Morgan fingerprint density at radius 1 is 1.13 bits per heavy atom. The Labute approximate surface area is 193 Å². The Hall–Kier alpha value is -3.03. The summed E-state index contributed by atoms with van der Waals surface area (Å²) < 4.78 is 5.75. The fourth-order valence-corrected chi connectivity index (χ4v) is 5.00. The molecular formula is C23H15Cl2N3O2S. The van der Waals surface area contributed by atoms with E-state index in [0.717, 1.165) is 41.7 Å². The molecule has 5 nitrogen and oxygen atoms in total. The van der Waals surface area contributed by atoms with Gasteiger partial charge in [-0.05, 0) is 61.6 Å². The molecule has 2 aromatic heterocycles. The summed E-state index contributed by atoms with van der Waals surface area (Å²) in [5.41, 5.74) is 2.13. The average molecular weight is 468 g/mol. The van der Waals surface area contributed by atoms with Gasteiger partial charge >= 0.3 is 0 Å². The summed E-state index contributed by atoms with van der Waals surface area (Å²) in [6.07, 6.45) is 5.24. The van der Waals surface area contributed by atoms with Crippen molar-refractivity contribution in [1.29, 1.82) is 10.5 Å². The molecule has 0 saturated heterocycles. The van der Waals surface area contributed by atoms with E-state index in [9.17, 15) is 15.3 Å². The maximum absolute atomic E-state index is 12.7. The van der Waals surface area contributed by atoms with Crippen LogP contribution in [0.4, 0.5) is 5.00 Å². The summed E-state index contributed by atoms with van der Waals surface area (Å²) >= 11 is 13.4. The second-order valence-corrected chi connectivity index (χ2v) is 8.90. The van der Waals surface area contributed by atoms with Crippen LogP contribution >= 0.6 is 34.5 Å². The molecule has 31 heavy (non-hydrogen) atoms. The van der Waals surface area contributed by atoms with Crippen LogP contribution in [0.1, 0.15) is 34.6 Å². The topological polar surface area (TPSA) is 89.8 Å². The fraction of sp³-hybridized carbons (Fsp3) is 0.174. The largest absolute Gasteiger partial charge is 0.457 e. The Morgan fingerprint density at radius 2 is 1.94 bits per heavy atom. The molecular weight excluding hydrogens is 453 g/mol. The molecule has 0 radical (unpaired) electrons. The second-order valence-electron chi connectivity index (χ2n) is 6.98. The zero-order valence-corrected chi connectivity index (χ0v) is 18.5. The quantitative estimate of drug-likeness (QED) is 0.345. The molecule has 1 aromatic carbocycles. The lowest BCUT2D eigenvalue weighted by Gasteiger charge is -2.09. The number of amides is 1. The number of benzene rings is 1. The summed E-state index contributed by atoms with van der Waals surface area (Å²) in [4.78, 5) is 13.8. The number of nitrogens with zero attached hydrogens (tertiary/aromatic N) is 2. The Kier molecular flexibility index (Phi) is 6.15. The molecule has 8 heteroatoms. The average Bonchev–Trinajstić information content (AvgIpc) is 3.37. The van der Waals surface area contributed by atoms with Gasteiger partial charge in [0.1, 0.15) is 34.2 Å². The van der Waals surface area contributed by atoms with Gasteiger partial charge in [-0.3, -0.25) is 4.79 Å². The summed E-state index contributed by atoms with van der Waals surface area (Å²) in [5, 5.41) is 23.1. The third kappa shape index (κ3) is 4.38. The van der Waals surface area contributed by atoms with Gasteiger partial charge in [0.2, 0.25) is 0 Å². The van der Waals surface area contributed by atoms with Gasteiger partial charge in [-0.25, -0.2) is 0 Å². The monoisotopic (exact) mass is 467 g/mol. The van der Waals surface area contributed by atoms with Gasteiger partial charge in [-0.1, -0.05) is 23.2 Å². The first-order chi connectivity index (χ1) is 15.0. The van der Waals surface area contributed by atoms with Gasteiger partial charge in [-0.2, -0.15) is 10.5 Å². The van der Waals surface area contributed by atoms with Gasteiger partial charge in [0.05, 0.1) is 15.6 Å². The number of anilines is 1. The van der Waals surface area contributed by atoms with Crippen LogP contribution in [0.2, 0.25) is 10.0 Å². The Balaban J connectivity index is 1.57. The molecule has 0 saturated carbocycles. The first kappa shape index (κ1) is 21.2. The van der Waals surface area contributed by atoms with E-state index in [-0.39, 0.29) is 5.57 Å². The number of hydrogen-bond acceptors (Lipinski definition) is 5. The first-order valence-electron chi connectivity index (χ1n) is 9.53. The number of halogens is 2. The van der Waals surface area contributed by atoms with Crippen molar-refractivity contribution in [2.24, 2.45) is 0 Å². The van der Waals surface area contributed by atoms with Crippen molar-refractivity contribution in [3.05, 3.63) is 67.7 Å². The molecule has 0 aliphatic heterocycles. The third-order valence-corrected chi connectivity index (χ3v) is 6.94. The number of carbonyl (C=O) groups excluding carboxylic acids is 1. The van der Waals surface area contributed by atoms with Crippen molar-refractivity contribution in [1.82, 2.24) is 0 Å². The molecule has 2 heterocycles. The molecule has 0 atom stereocenters. The second kappa shape index (κ2) is 8.99. The lowest BCUT2D eigenvalue weighted by Crippen LogP contribution is -2.13. The van der Waals surface area contributed by atoms with Crippen LogP contribution < -0.4 is 5.32 Å². The normalized spacial score (nSPS) is 13.2. The zero-order chi connectivity index (χ0) is 22.0. The standard InChI is InChI=1S/C23H15Cl2N3O2S/c24-18-7-5-13(10-19(18)25)20-8-6-15(30-20)9-14(11-26)22(29)28-23-17(12-27)16-3-1-2-4-21(16)31-23/h5-10H,1-4H2,(H,28,29)/b14-9-. The smallest absolute Gasteiger partial charge is 0.267 e. The molecule has 1 amide bonds. The summed E-state index contributed by atoms with van der Waals surface area (Å²) in [7, 11) is 0. The Bertz CT molecular complexity index is 1290. The van der Waals surface area contributed by atoms with Gasteiger partial charge in [-0.15, -0.1) is 11.3 Å². The molecule has 4 rings (SSSR count). The van der Waals surface area contributed by atoms with Crippen LogP contribution in [0.3, 0.4) is 0 Å². The summed E-state index contributed by atoms with van der Waals surface area (Å²) in [6, 6.07) is 12.6. The highest BCUT2D eigenvalue weighted by Gasteiger charge is 2.23. The van der Waals surface area contributed by atoms with Crippen LogP contribution in [0.25, 0.3) is 17.4 Å². The summed E-state index contributed by atoms with van der Waals surface area (Å²) in [6.45, 7) is 0. The van der Waals surface area contributed by atoms with Crippen LogP contribution in [-0.4, -0.2) is 5.91 Å². The van der Waals surface area contributed by atoms with Crippen LogP contribution in [0, 0.1) is 22.7 Å². The molecule has 0 bridgehead atoms. The lowest BCUT2D eigenvalue weighted by molar-refractivity contribution is -0.112. The van der Waals surface area contributed by atoms with Gasteiger partial charge in [0, 0.05) is 16.5 Å². The van der Waals surface area contributed by atoms with E-state index in [4.69, 9.17) is 27.6 Å². The Morgan fingerprint density at radius 3 is 2.68 bits per heavy atom. The van der Waals surface area contributed by atoms with Crippen molar-refractivity contribution in [2.45, 2.75) is 25.7 Å². The van der Waals surface area contributed by atoms with Crippen LogP contribution in [-0.2, 0) is 17.6 Å². The van der Waals surface area contributed by atoms with E-state index in [2.05, 4.69) is 11.4 Å². The number of aryl methyl sites for hydroxylation is 1. The molecule has 0 fully saturated rings. The number of thiophene rings is 1. The van der Waals surface area contributed by atoms with E-state index in [1.54, 1.807) is 30.3 Å². The zero-order valence-electron chi connectivity index (χ0n) is 16.2. The van der Waals surface area contributed by atoms with Gasteiger partial charge < -0.3 is 9.73 Å². The maximum Gasteiger partial charge on any atom is 0.267 e. The predicted molar refractivity (Wildman–Crippen MR) is 122 cm³/mol. The molecule has 0 unspecified atom stereocenters. The minimum absolute atomic E-state index is 0.120. The van der Waals surface area contributed by atoms with Crippen molar-refractivity contribution in [2.75, 3.05) is 5.32 Å². The van der Waals surface area contributed by atoms with Crippen LogP contribution in [0.15, 0.2) is 40.3 Å². The van der Waals surface area contributed by atoms with Crippen LogP contribution in [0.5, 0.6) is 0 Å². The molecule has 1 aliphatic rings. The summed E-state index contributed by atoms with van der Waals surface area (Å²) in [5.74, 6) is 0.295. The molecule has 3 aromatic rings. The maximum atomic E-state index is 12.7. The minimum atomic E-state index is -0.579. The fourth-order valence-electron chi connectivity index (χ4n) is 3.47. The number of carbonyl (C=O) groups is 1. The SMILES string of the molecule is N#C/C(=C/c1ccc(-c2ccc(Cl)c(Cl)c2)o1)C(=O)Nc1sc2c(c1C#N)CCCC2. The number of furan rings is 1. The molecule has 1 N–H and O–H groups in total. The van der Waals surface area contributed by atoms with E-state index in [1.165, 1.54) is 17.4 Å². The lowest BCUT2D eigenvalue weighted by atomic mass is 9.96. The number of hydrogen-bond donors (Lipinski definition) is 1. The van der Waals surface area contributed by atoms with Crippen molar-refractivity contribution in [3.63, 3.8) is 0 Å². The van der Waals surface area contributed by atoms with E-state index in [0.29, 0.717) is 32.1 Å². The predicted octanol–water partition coefficient (Wildman–Crippen LogP) is 6.61. The number of rotatable bonds is 4. The number of nitrogens with one attached hydrogen (secondary N) is 1. The van der Waals surface area contributed by atoms with Crippen molar-refractivity contribution >= 4 is 51.5 Å². The third-order valence-electron chi connectivity index (χ3n) is 4.99.